The van der Waals surface area contributed by atoms with Crippen molar-refractivity contribution in [3.63, 3.8) is 0 Å². The van der Waals surface area contributed by atoms with Gasteiger partial charge >= 0.3 is 6.09 Å². The Morgan fingerprint density at radius 1 is 1.28 bits per heavy atom. The van der Waals surface area contributed by atoms with E-state index in [1.165, 1.54) is 0 Å². The van der Waals surface area contributed by atoms with Gasteiger partial charge in [-0.05, 0) is 51.5 Å². The zero-order valence-corrected chi connectivity index (χ0v) is 15.1. The largest absolute Gasteiger partial charge is 0.497 e. The van der Waals surface area contributed by atoms with Gasteiger partial charge in [-0.3, -0.25) is 0 Å². The summed E-state index contributed by atoms with van der Waals surface area (Å²) in [7, 11) is 1.59. The van der Waals surface area contributed by atoms with Crippen molar-refractivity contribution in [2.24, 2.45) is 0 Å². The van der Waals surface area contributed by atoms with E-state index < -0.39 is 17.7 Å². The smallest absolute Gasteiger partial charge is 0.408 e. The van der Waals surface area contributed by atoms with E-state index in [0.29, 0.717) is 17.5 Å². The molecule has 0 saturated carbocycles. The fourth-order valence-electron chi connectivity index (χ4n) is 2.09. The lowest BCUT2D eigenvalue weighted by Gasteiger charge is -2.22. The Balaban J connectivity index is 2.30. The summed E-state index contributed by atoms with van der Waals surface area (Å²) >= 11 is 0. The van der Waals surface area contributed by atoms with Gasteiger partial charge in [0.15, 0.2) is 5.82 Å². The van der Waals surface area contributed by atoms with Crippen LogP contribution in [0.5, 0.6) is 5.75 Å². The van der Waals surface area contributed by atoms with Gasteiger partial charge in [-0.25, -0.2) is 4.79 Å². The molecule has 0 spiro atoms. The van der Waals surface area contributed by atoms with Crippen molar-refractivity contribution in [1.29, 1.82) is 0 Å². The second kappa shape index (κ2) is 7.83. The third-order valence-electron chi connectivity index (χ3n) is 3.14. The molecule has 1 amide bonds. The first kappa shape index (κ1) is 18.5. The van der Waals surface area contributed by atoms with E-state index in [9.17, 15) is 4.79 Å². The standard InChI is InChI=1S/C18H23N3O4/c1-6-7-14-19-16(21-25-14)15(20-17(22)24-18(2,3)4)12-8-10-13(23-5)11-9-12/h6-11,15H,1-5H3,(H,20,22)/b7-6+. The molecule has 0 bridgehead atoms. The highest BCUT2D eigenvalue weighted by Crippen LogP contribution is 2.23. The van der Waals surface area contributed by atoms with Crippen molar-refractivity contribution < 1.29 is 18.8 Å². The van der Waals surface area contributed by atoms with Gasteiger partial charge < -0.3 is 19.3 Å². The first-order valence-electron chi connectivity index (χ1n) is 7.92. The average Bonchev–Trinajstić information content (AvgIpc) is 3.00. The van der Waals surface area contributed by atoms with Crippen molar-refractivity contribution in [1.82, 2.24) is 15.5 Å². The van der Waals surface area contributed by atoms with Crippen molar-refractivity contribution in [3.05, 3.63) is 47.6 Å². The molecule has 134 valence electrons. The number of rotatable bonds is 5. The summed E-state index contributed by atoms with van der Waals surface area (Å²) in [6.45, 7) is 7.25. The fraction of sp³-hybridized carbons (Fsp3) is 0.389. The van der Waals surface area contributed by atoms with E-state index in [1.807, 2.05) is 19.1 Å². The van der Waals surface area contributed by atoms with Crippen LogP contribution in [0, 0.1) is 0 Å². The molecule has 1 heterocycles. The lowest BCUT2D eigenvalue weighted by Crippen LogP contribution is -2.35. The molecule has 0 radical (unpaired) electrons. The van der Waals surface area contributed by atoms with Crippen LogP contribution in [0.2, 0.25) is 0 Å². The highest BCUT2D eigenvalue weighted by molar-refractivity contribution is 5.69. The monoisotopic (exact) mass is 345 g/mol. The molecule has 0 saturated heterocycles. The number of carbonyl (C=O) groups excluding carboxylic acids is 1. The van der Waals surface area contributed by atoms with Gasteiger partial charge in [0.05, 0.1) is 7.11 Å². The maximum Gasteiger partial charge on any atom is 0.408 e. The van der Waals surface area contributed by atoms with Gasteiger partial charge in [-0.1, -0.05) is 23.4 Å². The van der Waals surface area contributed by atoms with Crippen LogP contribution in [0.3, 0.4) is 0 Å². The predicted octanol–water partition coefficient (Wildman–Crippen LogP) is 3.73. The van der Waals surface area contributed by atoms with Crippen molar-refractivity contribution >= 4 is 12.2 Å². The molecule has 2 rings (SSSR count). The van der Waals surface area contributed by atoms with Gasteiger partial charge in [0, 0.05) is 0 Å². The third-order valence-corrected chi connectivity index (χ3v) is 3.14. The number of nitrogens with one attached hydrogen (secondary N) is 1. The minimum Gasteiger partial charge on any atom is -0.497 e. The molecule has 2 aromatic rings. The van der Waals surface area contributed by atoms with Crippen LogP contribution < -0.4 is 10.1 Å². The number of allylic oxidation sites excluding steroid dienone is 1. The lowest BCUT2D eigenvalue weighted by molar-refractivity contribution is 0.0510. The first-order chi connectivity index (χ1) is 11.8. The van der Waals surface area contributed by atoms with Crippen molar-refractivity contribution in [2.75, 3.05) is 7.11 Å². The van der Waals surface area contributed by atoms with E-state index >= 15 is 0 Å². The summed E-state index contributed by atoms with van der Waals surface area (Å²) in [5.41, 5.74) is 0.168. The van der Waals surface area contributed by atoms with Crippen LogP contribution in [0.1, 0.15) is 51.0 Å². The molecule has 0 aliphatic carbocycles. The summed E-state index contributed by atoms with van der Waals surface area (Å²) in [5, 5.41) is 6.75. The topological polar surface area (TPSA) is 86.5 Å². The zero-order chi connectivity index (χ0) is 18.4. The normalized spacial score (nSPS) is 12.8. The second-order valence-corrected chi connectivity index (χ2v) is 6.34. The molecular weight excluding hydrogens is 322 g/mol. The van der Waals surface area contributed by atoms with E-state index in [0.717, 1.165) is 5.56 Å². The minimum atomic E-state index is -0.609. The van der Waals surface area contributed by atoms with E-state index in [2.05, 4.69) is 15.5 Å². The molecule has 7 nitrogen and oxygen atoms in total. The first-order valence-corrected chi connectivity index (χ1v) is 7.92. The van der Waals surface area contributed by atoms with E-state index in [4.69, 9.17) is 14.0 Å². The molecule has 0 aliphatic rings. The molecule has 1 N–H and O–H groups in total. The van der Waals surface area contributed by atoms with Crippen molar-refractivity contribution in [3.8, 4) is 5.75 Å². The van der Waals surface area contributed by atoms with Gasteiger partial charge in [0.2, 0.25) is 5.89 Å². The summed E-state index contributed by atoms with van der Waals surface area (Å²) in [5.74, 6) is 1.41. The molecular formula is C18H23N3O4. The number of nitrogens with zero attached hydrogens (tertiary/aromatic N) is 2. The van der Waals surface area contributed by atoms with Crippen LogP contribution in [0.4, 0.5) is 4.79 Å². The molecule has 1 atom stereocenters. The minimum absolute atomic E-state index is 0.337. The summed E-state index contributed by atoms with van der Waals surface area (Å²) in [6, 6.07) is 6.64. The molecule has 1 unspecified atom stereocenters. The molecule has 7 heteroatoms. The summed E-state index contributed by atoms with van der Waals surface area (Å²) in [6.07, 6.45) is 2.92. The number of hydrogen-bond acceptors (Lipinski definition) is 6. The van der Waals surface area contributed by atoms with Crippen molar-refractivity contribution in [2.45, 2.75) is 39.3 Å². The quantitative estimate of drug-likeness (QED) is 0.888. The van der Waals surface area contributed by atoms with E-state index in [-0.39, 0.29) is 0 Å². The number of hydrogen-bond donors (Lipinski definition) is 1. The molecule has 0 fully saturated rings. The fourth-order valence-corrected chi connectivity index (χ4v) is 2.09. The van der Waals surface area contributed by atoms with E-state index in [1.54, 1.807) is 52.2 Å². The predicted molar refractivity (Wildman–Crippen MR) is 93.2 cm³/mol. The Labute approximate surface area is 147 Å². The highest BCUT2D eigenvalue weighted by Gasteiger charge is 2.25. The van der Waals surface area contributed by atoms with Crippen LogP contribution >= 0.6 is 0 Å². The highest BCUT2D eigenvalue weighted by atomic mass is 16.6. The number of benzene rings is 1. The maximum absolute atomic E-state index is 12.2. The second-order valence-electron chi connectivity index (χ2n) is 6.34. The number of methoxy groups -OCH3 is 1. The van der Waals surface area contributed by atoms with Gasteiger partial charge in [0.1, 0.15) is 17.4 Å². The molecule has 0 aliphatic heterocycles. The average molecular weight is 345 g/mol. The Morgan fingerprint density at radius 2 is 1.96 bits per heavy atom. The maximum atomic E-state index is 12.2. The summed E-state index contributed by atoms with van der Waals surface area (Å²) < 4.78 is 15.7. The van der Waals surface area contributed by atoms with Crippen LogP contribution in [0.25, 0.3) is 6.08 Å². The Kier molecular flexibility index (Phi) is 5.80. The SMILES string of the molecule is C/C=C/c1nc(C(NC(=O)OC(C)(C)C)c2ccc(OC)cc2)no1. The lowest BCUT2D eigenvalue weighted by atomic mass is 10.1. The summed E-state index contributed by atoms with van der Waals surface area (Å²) in [4.78, 5) is 16.5. The van der Waals surface area contributed by atoms with Crippen LogP contribution in [-0.2, 0) is 4.74 Å². The number of alkyl carbamates (subject to hydrolysis) is 1. The number of amides is 1. The van der Waals surface area contributed by atoms with Gasteiger partial charge in [0.25, 0.3) is 0 Å². The molecule has 25 heavy (non-hydrogen) atoms. The molecule has 1 aromatic heterocycles. The van der Waals surface area contributed by atoms with Crippen LogP contribution in [-0.4, -0.2) is 28.9 Å². The molecule has 1 aromatic carbocycles. The third kappa shape index (κ3) is 5.34. The Hall–Kier alpha value is -2.83. The Bertz CT molecular complexity index is 730. The van der Waals surface area contributed by atoms with Gasteiger partial charge in [-0.15, -0.1) is 0 Å². The van der Waals surface area contributed by atoms with Crippen LogP contribution in [0.15, 0.2) is 34.9 Å². The zero-order valence-electron chi connectivity index (χ0n) is 15.1. The number of aromatic nitrogens is 2. The van der Waals surface area contributed by atoms with Gasteiger partial charge in [-0.2, -0.15) is 4.98 Å². The number of carbonyl (C=O) groups is 1. The Morgan fingerprint density at radius 3 is 2.52 bits per heavy atom. The number of ether oxygens (including phenoxy) is 2.